The predicted molar refractivity (Wildman–Crippen MR) is 113 cm³/mol. The fourth-order valence-electron chi connectivity index (χ4n) is 2.81. The highest BCUT2D eigenvalue weighted by Crippen LogP contribution is 2.25. The van der Waals surface area contributed by atoms with E-state index in [4.69, 9.17) is 23.2 Å². The highest BCUT2D eigenvalue weighted by atomic mass is 35.5. The van der Waals surface area contributed by atoms with Gasteiger partial charge in [-0.3, -0.25) is 4.79 Å². The fraction of sp³-hybridized carbons (Fsp3) is 0.263. The summed E-state index contributed by atoms with van der Waals surface area (Å²) < 4.78 is 41.1. The van der Waals surface area contributed by atoms with E-state index in [-0.39, 0.29) is 19.4 Å². The van der Waals surface area contributed by atoms with Crippen LogP contribution < -0.4 is 4.72 Å². The largest absolute Gasteiger partial charge is 0.296 e. The normalized spacial score (nSPS) is 12.6. The molecule has 0 amide bonds. The molecule has 3 aromatic rings. The zero-order valence-electron chi connectivity index (χ0n) is 16.3. The van der Waals surface area contributed by atoms with Gasteiger partial charge in [0.2, 0.25) is 10.0 Å². The van der Waals surface area contributed by atoms with Crippen molar-refractivity contribution in [3.8, 4) is 0 Å². The topological polar surface area (TPSA) is 107 Å². The number of tetrazole rings is 1. The van der Waals surface area contributed by atoms with E-state index in [0.717, 1.165) is 16.9 Å². The molecule has 1 atom stereocenters. The Hall–Kier alpha value is -2.40. The average Bonchev–Trinajstić information content (AvgIpc) is 3.16. The smallest absolute Gasteiger partial charge is 0.244 e. The van der Waals surface area contributed by atoms with Gasteiger partial charge in [-0.1, -0.05) is 48.3 Å². The molecule has 0 aliphatic rings. The monoisotopic (exact) mass is 485 g/mol. The third-order valence-electron chi connectivity index (χ3n) is 4.41. The Kier molecular flexibility index (Phi) is 7.37. The van der Waals surface area contributed by atoms with Crippen LogP contribution in [0.2, 0.25) is 10.0 Å². The van der Waals surface area contributed by atoms with Crippen molar-refractivity contribution in [3.63, 3.8) is 0 Å². The SMILES string of the molecule is CCC(NS(=O)(=O)c1ccccc1F)C(=O)Cn1nnc(Cc2c(Cl)cccc2Cl)n1. The standard InChI is InChI=1S/C19H18Cl2FN5O3S/c1-2-16(25-31(29,30)18-9-4-3-8-15(18)22)17(28)11-27-24-19(23-26-27)10-12-13(20)6-5-7-14(12)21/h3-9,16,25H,2,10-11H2,1H3. The molecule has 0 spiro atoms. The summed E-state index contributed by atoms with van der Waals surface area (Å²) in [5.41, 5.74) is 0.626. The molecule has 0 radical (unpaired) electrons. The molecule has 0 bridgehead atoms. The van der Waals surface area contributed by atoms with Crippen molar-refractivity contribution in [3.05, 3.63) is 69.7 Å². The first-order valence-electron chi connectivity index (χ1n) is 9.20. The summed E-state index contributed by atoms with van der Waals surface area (Å²) in [6, 6.07) is 8.92. The van der Waals surface area contributed by atoms with E-state index in [2.05, 4.69) is 20.1 Å². The van der Waals surface area contributed by atoms with Gasteiger partial charge in [0.15, 0.2) is 11.6 Å². The molecule has 0 fully saturated rings. The van der Waals surface area contributed by atoms with E-state index < -0.39 is 32.6 Å². The number of rotatable bonds is 9. The van der Waals surface area contributed by atoms with Crippen molar-refractivity contribution >= 4 is 39.0 Å². The number of nitrogens with one attached hydrogen (secondary N) is 1. The Morgan fingerprint density at radius 3 is 2.48 bits per heavy atom. The molecule has 1 N–H and O–H groups in total. The van der Waals surface area contributed by atoms with Gasteiger partial charge in [0.1, 0.15) is 17.3 Å². The number of aromatic nitrogens is 4. The number of carbonyl (C=O) groups excluding carboxylic acids is 1. The molecular weight excluding hydrogens is 468 g/mol. The molecule has 0 aliphatic heterocycles. The second-order valence-corrected chi connectivity index (χ2v) is 9.09. The highest BCUT2D eigenvalue weighted by molar-refractivity contribution is 7.89. The summed E-state index contributed by atoms with van der Waals surface area (Å²) in [6.07, 6.45) is 0.368. The number of Topliss-reactive ketones (excluding diaryl/α,β-unsaturated/α-hetero) is 1. The number of hydrogen-bond donors (Lipinski definition) is 1. The van der Waals surface area contributed by atoms with Gasteiger partial charge >= 0.3 is 0 Å². The minimum atomic E-state index is -4.23. The van der Waals surface area contributed by atoms with E-state index >= 15 is 0 Å². The van der Waals surface area contributed by atoms with Gasteiger partial charge in [0.05, 0.1) is 6.04 Å². The first kappa shape index (κ1) is 23.3. The number of sulfonamides is 1. The number of nitrogens with zero attached hydrogens (tertiary/aromatic N) is 4. The van der Waals surface area contributed by atoms with Crippen molar-refractivity contribution in [2.75, 3.05) is 0 Å². The molecule has 0 aliphatic carbocycles. The molecule has 1 aromatic heterocycles. The van der Waals surface area contributed by atoms with Crippen LogP contribution in [0, 0.1) is 5.82 Å². The van der Waals surface area contributed by atoms with Gasteiger partial charge in [-0.2, -0.15) is 4.80 Å². The van der Waals surface area contributed by atoms with Crippen molar-refractivity contribution in [1.82, 2.24) is 24.9 Å². The zero-order valence-corrected chi connectivity index (χ0v) is 18.6. The lowest BCUT2D eigenvalue weighted by molar-refractivity contribution is -0.121. The lowest BCUT2D eigenvalue weighted by Gasteiger charge is -2.16. The Labute approximate surface area is 188 Å². The van der Waals surface area contributed by atoms with Crippen molar-refractivity contribution in [2.24, 2.45) is 0 Å². The summed E-state index contributed by atoms with van der Waals surface area (Å²) in [6.45, 7) is 1.31. The van der Waals surface area contributed by atoms with Crippen LogP contribution >= 0.6 is 23.2 Å². The number of carbonyl (C=O) groups is 1. The third-order valence-corrected chi connectivity index (χ3v) is 6.62. The first-order chi connectivity index (χ1) is 14.7. The molecule has 1 unspecified atom stereocenters. The predicted octanol–water partition coefficient (Wildman–Crippen LogP) is 3.04. The van der Waals surface area contributed by atoms with Gasteiger partial charge in [0.25, 0.3) is 0 Å². The molecule has 164 valence electrons. The Morgan fingerprint density at radius 1 is 1.16 bits per heavy atom. The van der Waals surface area contributed by atoms with Crippen molar-refractivity contribution in [2.45, 2.75) is 37.2 Å². The van der Waals surface area contributed by atoms with Crippen LogP contribution in [0.4, 0.5) is 4.39 Å². The van der Waals surface area contributed by atoms with Crippen LogP contribution in [0.3, 0.4) is 0 Å². The number of halogens is 3. The number of benzene rings is 2. The number of ketones is 1. The van der Waals surface area contributed by atoms with Gasteiger partial charge in [0, 0.05) is 16.5 Å². The van der Waals surface area contributed by atoms with Crippen LogP contribution in [0.15, 0.2) is 47.4 Å². The molecule has 12 heteroatoms. The molecule has 8 nitrogen and oxygen atoms in total. The van der Waals surface area contributed by atoms with Crippen molar-refractivity contribution < 1.29 is 17.6 Å². The maximum Gasteiger partial charge on any atom is 0.244 e. The second-order valence-electron chi connectivity index (χ2n) is 6.59. The molecule has 1 heterocycles. The van der Waals surface area contributed by atoms with E-state index in [9.17, 15) is 17.6 Å². The summed E-state index contributed by atoms with van der Waals surface area (Å²) in [5, 5.41) is 12.8. The van der Waals surface area contributed by atoms with E-state index in [1.165, 1.54) is 12.1 Å². The van der Waals surface area contributed by atoms with E-state index in [0.29, 0.717) is 21.4 Å². The Morgan fingerprint density at radius 2 is 1.84 bits per heavy atom. The number of hydrogen-bond acceptors (Lipinski definition) is 6. The van der Waals surface area contributed by atoms with Gasteiger partial charge < -0.3 is 0 Å². The van der Waals surface area contributed by atoms with Crippen LogP contribution in [0.5, 0.6) is 0 Å². The van der Waals surface area contributed by atoms with Gasteiger partial charge in [-0.15, -0.1) is 10.2 Å². The van der Waals surface area contributed by atoms with E-state index in [1.54, 1.807) is 25.1 Å². The first-order valence-corrected chi connectivity index (χ1v) is 11.4. The average molecular weight is 486 g/mol. The molecule has 0 saturated carbocycles. The second kappa shape index (κ2) is 9.82. The van der Waals surface area contributed by atoms with Crippen LogP contribution in [-0.4, -0.2) is 40.5 Å². The zero-order chi connectivity index (χ0) is 22.6. The third kappa shape index (κ3) is 5.65. The summed E-state index contributed by atoms with van der Waals surface area (Å²) in [5.74, 6) is -1.11. The quantitative estimate of drug-likeness (QED) is 0.499. The molecule has 2 aromatic carbocycles. The maximum atomic E-state index is 13.9. The lowest BCUT2D eigenvalue weighted by Crippen LogP contribution is -2.42. The summed E-state index contributed by atoms with van der Waals surface area (Å²) >= 11 is 12.3. The molecule has 3 rings (SSSR count). The maximum absolute atomic E-state index is 13.9. The van der Waals surface area contributed by atoms with Crippen LogP contribution in [0.1, 0.15) is 24.7 Å². The summed E-state index contributed by atoms with van der Waals surface area (Å²) in [7, 11) is -4.23. The van der Waals surface area contributed by atoms with Crippen LogP contribution in [-0.2, 0) is 27.8 Å². The van der Waals surface area contributed by atoms with Crippen LogP contribution in [0.25, 0.3) is 0 Å². The molecule has 31 heavy (non-hydrogen) atoms. The molecular formula is C19H18Cl2FN5O3S. The van der Waals surface area contributed by atoms with Gasteiger partial charge in [-0.05, 0) is 41.5 Å². The Bertz CT molecular complexity index is 1180. The highest BCUT2D eigenvalue weighted by Gasteiger charge is 2.27. The van der Waals surface area contributed by atoms with Crippen molar-refractivity contribution in [1.29, 1.82) is 0 Å². The summed E-state index contributed by atoms with van der Waals surface area (Å²) in [4.78, 5) is 13.2. The minimum Gasteiger partial charge on any atom is -0.296 e. The minimum absolute atomic E-state index is 0.156. The lowest BCUT2D eigenvalue weighted by atomic mass is 10.1. The van der Waals surface area contributed by atoms with Gasteiger partial charge in [-0.25, -0.2) is 17.5 Å². The molecule has 0 saturated heterocycles. The Balaban J connectivity index is 1.70. The fourth-order valence-corrected chi connectivity index (χ4v) is 4.73. The van der Waals surface area contributed by atoms with E-state index in [1.807, 2.05) is 0 Å².